The summed E-state index contributed by atoms with van der Waals surface area (Å²) in [5, 5.41) is 4.76. The summed E-state index contributed by atoms with van der Waals surface area (Å²) in [6, 6.07) is 12.9. The van der Waals surface area contributed by atoms with E-state index in [0.717, 1.165) is 16.5 Å². The van der Waals surface area contributed by atoms with Gasteiger partial charge >= 0.3 is 0 Å². The predicted octanol–water partition coefficient (Wildman–Crippen LogP) is 4.66. The van der Waals surface area contributed by atoms with Crippen LogP contribution in [-0.4, -0.2) is 10.9 Å². The molecule has 1 amide bonds. The molecule has 0 atom stereocenters. The molecule has 3 nitrogen and oxygen atoms in total. The molecule has 0 fully saturated rings. The SMILES string of the molecule is O=C(Cc1c[nH]c2ccccc12)Nc1ccc(Cl)c(Cl)c1. The van der Waals surface area contributed by atoms with Crippen LogP contribution >= 0.6 is 23.2 Å². The maximum Gasteiger partial charge on any atom is 0.228 e. The van der Waals surface area contributed by atoms with Crippen molar-refractivity contribution in [1.82, 2.24) is 4.98 Å². The Morgan fingerprint density at radius 3 is 2.71 bits per heavy atom. The molecule has 1 aromatic heterocycles. The molecule has 5 heteroatoms. The highest BCUT2D eigenvalue weighted by Gasteiger charge is 2.09. The molecule has 0 aliphatic carbocycles. The lowest BCUT2D eigenvalue weighted by Gasteiger charge is -2.06. The summed E-state index contributed by atoms with van der Waals surface area (Å²) < 4.78 is 0. The maximum absolute atomic E-state index is 12.1. The summed E-state index contributed by atoms with van der Waals surface area (Å²) >= 11 is 11.8. The van der Waals surface area contributed by atoms with Crippen LogP contribution in [0.1, 0.15) is 5.56 Å². The quantitative estimate of drug-likeness (QED) is 0.725. The van der Waals surface area contributed by atoms with Crippen molar-refractivity contribution in [2.45, 2.75) is 6.42 Å². The molecule has 0 aliphatic heterocycles. The number of carbonyl (C=O) groups excluding carboxylic acids is 1. The standard InChI is InChI=1S/C16H12Cl2N2O/c17-13-6-5-11(8-14(13)18)20-16(21)7-10-9-19-15-4-2-1-3-12(10)15/h1-6,8-9,19H,7H2,(H,20,21). The highest BCUT2D eigenvalue weighted by Crippen LogP contribution is 2.25. The number of hydrogen-bond acceptors (Lipinski definition) is 1. The van der Waals surface area contributed by atoms with Gasteiger partial charge in [0.25, 0.3) is 0 Å². The van der Waals surface area contributed by atoms with E-state index in [9.17, 15) is 4.79 Å². The number of para-hydroxylation sites is 1. The molecule has 1 heterocycles. The molecule has 106 valence electrons. The Morgan fingerprint density at radius 2 is 1.90 bits per heavy atom. The van der Waals surface area contributed by atoms with Gasteiger partial charge in [0, 0.05) is 22.8 Å². The number of aromatic nitrogens is 1. The summed E-state index contributed by atoms with van der Waals surface area (Å²) in [6.07, 6.45) is 2.16. The lowest BCUT2D eigenvalue weighted by atomic mass is 10.1. The van der Waals surface area contributed by atoms with Crippen molar-refractivity contribution in [3.8, 4) is 0 Å². The monoisotopic (exact) mass is 318 g/mol. The van der Waals surface area contributed by atoms with Crippen LogP contribution in [0.5, 0.6) is 0 Å². The molecule has 3 rings (SSSR count). The number of carbonyl (C=O) groups is 1. The van der Waals surface area contributed by atoms with E-state index in [-0.39, 0.29) is 5.91 Å². The van der Waals surface area contributed by atoms with Gasteiger partial charge in [0.05, 0.1) is 16.5 Å². The Kier molecular flexibility index (Phi) is 3.86. The average molecular weight is 319 g/mol. The van der Waals surface area contributed by atoms with E-state index in [0.29, 0.717) is 22.2 Å². The number of fused-ring (bicyclic) bond motifs is 1. The van der Waals surface area contributed by atoms with Gasteiger partial charge < -0.3 is 10.3 Å². The molecule has 0 spiro atoms. The normalized spacial score (nSPS) is 10.8. The first-order valence-electron chi connectivity index (χ1n) is 6.43. The van der Waals surface area contributed by atoms with Gasteiger partial charge in [0.15, 0.2) is 0 Å². The van der Waals surface area contributed by atoms with E-state index in [1.165, 1.54) is 0 Å². The summed E-state index contributed by atoms with van der Waals surface area (Å²) in [6.45, 7) is 0. The number of hydrogen-bond donors (Lipinski definition) is 2. The molecule has 0 saturated carbocycles. The summed E-state index contributed by atoms with van der Waals surface area (Å²) in [4.78, 5) is 15.3. The van der Waals surface area contributed by atoms with Crippen LogP contribution in [0.4, 0.5) is 5.69 Å². The van der Waals surface area contributed by atoms with E-state index in [4.69, 9.17) is 23.2 Å². The minimum Gasteiger partial charge on any atom is -0.361 e. The fourth-order valence-electron chi connectivity index (χ4n) is 2.23. The zero-order chi connectivity index (χ0) is 14.8. The van der Waals surface area contributed by atoms with Gasteiger partial charge in [-0.2, -0.15) is 0 Å². The van der Waals surface area contributed by atoms with Gasteiger partial charge in [-0.15, -0.1) is 0 Å². The van der Waals surface area contributed by atoms with Crippen molar-refractivity contribution in [3.05, 3.63) is 64.3 Å². The zero-order valence-electron chi connectivity index (χ0n) is 11.0. The van der Waals surface area contributed by atoms with E-state index < -0.39 is 0 Å². The number of benzene rings is 2. The second kappa shape index (κ2) is 5.80. The first-order valence-corrected chi connectivity index (χ1v) is 7.19. The molecular weight excluding hydrogens is 307 g/mol. The molecule has 0 radical (unpaired) electrons. The smallest absolute Gasteiger partial charge is 0.228 e. The number of anilines is 1. The minimum atomic E-state index is -0.0989. The summed E-state index contributed by atoms with van der Waals surface area (Å²) in [5.41, 5.74) is 2.62. The lowest BCUT2D eigenvalue weighted by Crippen LogP contribution is -2.14. The van der Waals surface area contributed by atoms with Gasteiger partial charge in [0.1, 0.15) is 0 Å². The Hall–Kier alpha value is -1.97. The Bertz CT molecular complexity index is 811. The minimum absolute atomic E-state index is 0.0989. The van der Waals surface area contributed by atoms with Crippen molar-refractivity contribution >= 4 is 45.7 Å². The number of nitrogens with one attached hydrogen (secondary N) is 2. The van der Waals surface area contributed by atoms with Crippen molar-refractivity contribution in [2.75, 3.05) is 5.32 Å². The van der Waals surface area contributed by atoms with Crippen LogP contribution in [0.3, 0.4) is 0 Å². The van der Waals surface area contributed by atoms with Crippen LogP contribution in [0, 0.1) is 0 Å². The first-order chi connectivity index (χ1) is 10.1. The second-order valence-electron chi connectivity index (χ2n) is 4.71. The molecule has 0 aliphatic rings. The van der Waals surface area contributed by atoms with Crippen LogP contribution in [0.2, 0.25) is 10.0 Å². The molecule has 2 N–H and O–H groups in total. The van der Waals surface area contributed by atoms with Crippen LogP contribution in [0.25, 0.3) is 10.9 Å². The third-order valence-corrected chi connectivity index (χ3v) is 3.97. The second-order valence-corrected chi connectivity index (χ2v) is 5.53. The predicted molar refractivity (Wildman–Crippen MR) is 87.1 cm³/mol. The highest BCUT2D eigenvalue weighted by molar-refractivity contribution is 6.42. The number of rotatable bonds is 3. The fraction of sp³-hybridized carbons (Fsp3) is 0.0625. The molecule has 21 heavy (non-hydrogen) atoms. The first kappa shape index (κ1) is 14.0. The fourth-order valence-corrected chi connectivity index (χ4v) is 2.53. The van der Waals surface area contributed by atoms with Crippen LogP contribution in [0.15, 0.2) is 48.7 Å². The maximum atomic E-state index is 12.1. The van der Waals surface area contributed by atoms with Gasteiger partial charge in [0.2, 0.25) is 5.91 Å². The van der Waals surface area contributed by atoms with Gasteiger partial charge in [-0.1, -0.05) is 41.4 Å². The van der Waals surface area contributed by atoms with Crippen LogP contribution in [-0.2, 0) is 11.2 Å². The Labute approximate surface area is 131 Å². The Morgan fingerprint density at radius 1 is 1.10 bits per heavy atom. The van der Waals surface area contributed by atoms with E-state index >= 15 is 0 Å². The molecule has 2 aromatic carbocycles. The lowest BCUT2D eigenvalue weighted by molar-refractivity contribution is -0.115. The third kappa shape index (κ3) is 3.04. The van der Waals surface area contributed by atoms with Gasteiger partial charge in [-0.25, -0.2) is 0 Å². The van der Waals surface area contributed by atoms with Crippen molar-refractivity contribution < 1.29 is 4.79 Å². The molecule has 3 aromatic rings. The number of H-pyrrole nitrogens is 1. The van der Waals surface area contributed by atoms with E-state index in [2.05, 4.69) is 10.3 Å². The molecule has 0 saturated heterocycles. The van der Waals surface area contributed by atoms with Crippen molar-refractivity contribution in [2.24, 2.45) is 0 Å². The van der Waals surface area contributed by atoms with Crippen LogP contribution < -0.4 is 5.32 Å². The number of halogens is 2. The van der Waals surface area contributed by atoms with Gasteiger partial charge in [-0.05, 0) is 29.8 Å². The Balaban J connectivity index is 1.75. The van der Waals surface area contributed by atoms with E-state index in [1.807, 2.05) is 30.5 Å². The van der Waals surface area contributed by atoms with E-state index in [1.54, 1.807) is 18.2 Å². The molecule has 0 bridgehead atoms. The molecular formula is C16H12Cl2N2O. The zero-order valence-corrected chi connectivity index (χ0v) is 12.5. The van der Waals surface area contributed by atoms with Crippen molar-refractivity contribution in [3.63, 3.8) is 0 Å². The number of amides is 1. The third-order valence-electron chi connectivity index (χ3n) is 3.23. The average Bonchev–Trinajstić information content (AvgIpc) is 2.86. The summed E-state index contributed by atoms with van der Waals surface area (Å²) in [7, 11) is 0. The molecule has 0 unspecified atom stereocenters. The highest BCUT2D eigenvalue weighted by atomic mass is 35.5. The summed E-state index contributed by atoms with van der Waals surface area (Å²) in [5.74, 6) is -0.0989. The topological polar surface area (TPSA) is 44.9 Å². The van der Waals surface area contributed by atoms with Crippen molar-refractivity contribution in [1.29, 1.82) is 0 Å². The largest absolute Gasteiger partial charge is 0.361 e. The number of aromatic amines is 1. The van der Waals surface area contributed by atoms with Gasteiger partial charge in [-0.3, -0.25) is 4.79 Å².